The van der Waals surface area contributed by atoms with Crippen molar-refractivity contribution in [2.75, 3.05) is 13.2 Å². The third-order valence-corrected chi connectivity index (χ3v) is 4.82. The number of rotatable bonds is 8. The molecule has 0 aliphatic carbocycles. The first-order chi connectivity index (χ1) is 12.2. The van der Waals surface area contributed by atoms with Crippen molar-refractivity contribution in [3.8, 4) is 5.75 Å². The summed E-state index contributed by atoms with van der Waals surface area (Å²) in [6.45, 7) is 10.3. The Bertz CT molecular complexity index is 616. The summed E-state index contributed by atoms with van der Waals surface area (Å²) in [5.41, 5.74) is -0.319. The molecule has 0 radical (unpaired) electrons. The van der Waals surface area contributed by atoms with E-state index in [0.29, 0.717) is 37.9 Å². The number of carbonyl (C=O) groups excluding carboxylic acids is 1. The molecule has 1 heterocycles. The van der Waals surface area contributed by atoms with Gasteiger partial charge in [-0.25, -0.2) is 4.39 Å². The van der Waals surface area contributed by atoms with Gasteiger partial charge in [-0.15, -0.1) is 0 Å². The minimum atomic E-state index is -0.604. The fourth-order valence-electron chi connectivity index (χ4n) is 2.55. The highest BCUT2D eigenvalue weighted by Gasteiger charge is 2.51. The molecular weight excluding hydrogens is 338 g/mol. The third-order valence-electron chi connectivity index (χ3n) is 4.82. The van der Waals surface area contributed by atoms with E-state index in [-0.39, 0.29) is 11.7 Å². The molecule has 0 aromatic heterocycles. The number of halogens is 1. The van der Waals surface area contributed by atoms with E-state index in [9.17, 15) is 9.18 Å². The molecule has 26 heavy (non-hydrogen) atoms. The van der Waals surface area contributed by atoms with Gasteiger partial charge in [0.15, 0.2) is 11.6 Å². The van der Waals surface area contributed by atoms with Crippen LogP contribution in [0.5, 0.6) is 5.75 Å². The summed E-state index contributed by atoms with van der Waals surface area (Å²) in [6, 6.07) is 4.72. The molecule has 1 aromatic rings. The molecule has 0 N–H and O–H groups in total. The van der Waals surface area contributed by atoms with E-state index in [1.54, 1.807) is 19.1 Å². The fraction of sp³-hybridized carbons (Fsp3) is 0.632. The zero-order chi connectivity index (χ0) is 19.4. The Morgan fingerprint density at radius 2 is 1.81 bits per heavy atom. The summed E-state index contributed by atoms with van der Waals surface area (Å²) >= 11 is 0. The van der Waals surface area contributed by atoms with Crippen molar-refractivity contribution in [1.82, 2.24) is 0 Å². The predicted molar refractivity (Wildman–Crippen MR) is 98.1 cm³/mol. The second-order valence-corrected chi connectivity index (χ2v) is 7.39. The third kappa shape index (κ3) is 4.98. The first kappa shape index (κ1) is 20.7. The van der Waals surface area contributed by atoms with Crippen molar-refractivity contribution in [1.29, 1.82) is 0 Å². The van der Waals surface area contributed by atoms with Gasteiger partial charge >= 0.3 is 13.1 Å². The fourth-order valence-corrected chi connectivity index (χ4v) is 2.55. The number of esters is 1. The number of carbonyl (C=O) groups is 1. The molecule has 2 rings (SSSR count). The summed E-state index contributed by atoms with van der Waals surface area (Å²) < 4.78 is 36.5. The monoisotopic (exact) mass is 366 g/mol. The Morgan fingerprint density at radius 1 is 1.15 bits per heavy atom. The van der Waals surface area contributed by atoms with Crippen molar-refractivity contribution in [3.63, 3.8) is 0 Å². The molecule has 7 heteroatoms. The number of hydrogen-bond donors (Lipinski definition) is 0. The molecule has 0 atom stereocenters. The second kappa shape index (κ2) is 8.40. The summed E-state index contributed by atoms with van der Waals surface area (Å²) in [7, 11) is -0.604. The van der Waals surface area contributed by atoms with E-state index >= 15 is 0 Å². The lowest BCUT2D eigenvalue weighted by Gasteiger charge is -2.32. The van der Waals surface area contributed by atoms with Crippen molar-refractivity contribution in [3.05, 3.63) is 24.0 Å². The molecule has 0 bridgehead atoms. The number of unbranched alkanes of at least 4 members (excludes halogenated alkanes) is 1. The highest BCUT2D eigenvalue weighted by Crippen LogP contribution is 2.36. The number of ether oxygens (including phenoxy) is 2. The Kier molecular flexibility index (Phi) is 6.69. The van der Waals surface area contributed by atoms with Gasteiger partial charge in [0.1, 0.15) is 0 Å². The van der Waals surface area contributed by atoms with Crippen molar-refractivity contribution < 1.29 is 28.0 Å². The SMILES string of the molecule is CCOC(=O)CCCCOc1ccc(B2OC(C)(C)C(C)(C)O2)cc1F. The first-order valence-corrected chi connectivity index (χ1v) is 9.10. The minimum Gasteiger partial charge on any atom is -0.491 e. The van der Waals surface area contributed by atoms with Gasteiger partial charge in [0.05, 0.1) is 24.4 Å². The zero-order valence-corrected chi connectivity index (χ0v) is 16.3. The molecule has 144 valence electrons. The molecule has 1 aromatic carbocycles. The molecule has 0 spiro atoms. The Hall–Kier alpha value is -1.60. The van der Waals surface area contributed by atoms with Crippen LogP contribution >= 0.6 is 0 Å². The van der Waals surface area contributed by atoms with Crippen LogP contribution in [0.4, 0.5) is 4.39 Å². The maximum atomic E-state index is 14.3. The molecule has 0 amide bonds. The van der Waals surface area contributed by atoms with Gasteiger partial charge in [0, 0.05) is 6.42 Å². The second-order valence-electron chi connectivity index (χ2n) is 7.39. The Labute approximate surface area is 155 Å². The Balaban J connectivity index is 1.85. The van der Waals surface area contributed by atoms with Gasteiger partial charge in [0.2, 0.25) is 0 Å². The smallest absolute Gasteiger partial charge is 0.491 e. The van der Waals surface area contributed by atoms with Crippen LogP contribution in [0.1, 0.15) is 53.9 Å². The van der Waals surface area contributed by atoms with Gasteiger partial charge in [0.25, 0.3) is 0 Å². The number of hydrogen-bond acceptors (Lipinski definition) is 5. The predicted octanol–water partition coefficient (Wildman–Crippen LogP) is 3.24. The molecule has 1 aliphatic heterocycles. The number of benzene rings is 1. The molecule has 0 saturated carbocycles. The van der Waals surface area contributed by atoms with Crippen LogP contribution in [-0.2, 0) is 18.8 Å². The lowest BCUT2D eigenvalue weighted by molar-refractivity contribution is -0.143. The van der Waals surface area contributed by atoms with Gasteiger partial charge in [-0.1, -0.05) is 6.07 Å². The van der Waals surface area contributed by atoms with Gasteiger partial charge < -0.3 is 18.8 Å². The minimum absolute atomic E-state index is 0.182. The van der Waals surface area contributed by atoms with Gasteiger partial charge in [-0.2, -0.15) is 0 Å². The van der Waals surface area contributed by atoms with E-state index in [0.717, 1.165) is 0 Å². The van der Waals surface area contributed by atoms with E-state index in [4.69, 9.17) is 18.8 Å². The summed E-state index contributed by atoms with van der Waals surface area (Å²) in [6.07, 6.45) is 1.64. The van der Waals surface area contributed by atoms with Gasteiger partial charge in [-0.3, -0.25) is 4.79 Å². The summed E-state index contributed by atoms with van der Waals surface area (Å²) in [5.74, 6) is -0.491. The lowest BCUT2D eigenvalue weighted by Crippen LogP contribution is -2.41. The average molecular weight is 366 g/mol. The maximum Gasteiger partial charge on any atom is 0.494 e. The summed E-state index contributed by atoms with van der Waals surface area (Å²) in [5, 5.41) is 0. The average Bonchev–Trinajstić information content (AvgIpc) is 2.76. The van der Waals surface area contributed by atoms with Crippen LogP contribution in [0.15, 0.2) is 18.2 Å². The van der Waals surface area contributed by atoms with Gasteiger partial charge in [-0.05, 0) is 65.1 Å². The van der Waals surface area contributed by atoms with Crippen molar-refractivity contribution in [2.24, 2.45) is 0 Å². The highest BCUT2D eigenvalue weighted by molar-refractivity contribution is 6.62. The highest BCUT2D eigenvalue weighted by atomic mass is 19.1. The van der Waals surface area contributed by atoms with Crippen LogP contribution < -0.4 is 10.2 Å². The standard InChI is InChI=1S/C19H28BFO5/c1-6-23-17(22)9-7-8-12-24-16-11-10-14(13-15(16)21)20-25-18(2,3)19(4,5)26-20/h10-11,13H,6-9,12H2,1-5H3. The van der Waals surface area contributed by atoms with E-state index in [1.165, 1.54) is 6.07 Å². The van der Waals surface area contributed by atoms with E-state index in [1.807, 2.05) is 27.7 Å². The molecular formula is C19H28BFO5. The van der Waals surface area contributed by atoms with E-state index in [2.05, 4.69) is 0 Å². The maximum absolute atomic E-state index is 14.3. The molecule has 1 saturated heterocycles. The summed E-state index contributed by atoms with van der Waals surface area (Å²) in [4.78, 5) is 11.2. The quantitative estimate of drug-likeness (QED) is 0.402. The van der Waals surface area contributed by atoms with Crippen molar-refractivity contribution >= 4 is 18.6 Å². The van der Waals surface area contributed by atoms with Crippen LogP contribution in [0.2, 0.25) is 0 Å². The van der Waals surface area contributed by atoms with Crippen LogP contribution in [-0.4, -0.2) is 37.5 Å². The van der Waals surface area contributed by atoms with Crippen LogP contribution in [0.25, 0.3) is 0 Å². The molecule has 1 aliphatic rings. The molecule has 0 unspecified atom stereocenters. The van der Waals surface area contributed by atoms with E-state index < -0.39 is 24.1 Å². The van der Waals surface area contributed by atoms with Crippen molar-refractivity contribution in [2.45, 2.75) is 65.1 Å². The lowest BCUT2D eigenvalue weighted by atomic mass is 9.79. The topological polar surface area (TPSA) is 54.0 Å². The molecule has 1 fully saturated rings. The van der Waals surface area contributed by atoms with Crippen LogP contribution in [0, 0.1) is 5.82 Å². The molecule has 5 nitrogen and oxygen atoms in total. The Morgan fingerprint density at radius 3 is 2.38 bits per heavy atom. The van der Waals surface area contributed by atoms with Crippen LogP contribution in [0.3, 0.4) is 0 Å². The normalized spacial score (nSPS) is 18.0. The zero-order valence-electron chi connectivity index (χ0n) is 16.3. The first-order valence-electron chi connectivity index (χ1n) is 9.10. The largest absolute Gasteiger partial charge is 0.494 e.